The smallest absolute Gasteiger partial charge is 0.0713 e. The maximum Gasteiger partial charge on any atom is 0.0713 e. The van der Waals surface area contributed by atoms with Gasteiger partial charge in [-0.05, 0) is 280 Å². The fourth-order valence-corrected chi connectivity index (χ4v) is 25.7. The zero-order valence-corrected chi connectivity index (χ0v) is 81.0. The number of hydrogen-bond acceptors (Lipinski definition) is 1. The van der Waals surface area contributed by atoms with Gasteiger partial charge < -0.3 is 18.6 Å². The molecule has 680 valence electrons. The topological polar surface area (TPSA) is 18.0 Å². The van der Waals surface area contributed by atoms with E-state index in [1.807, 2.05) is 0 Å². The first-order valence-corrected chi connectivity index (χ1v) is 51.7. The van der Waals surface area contributed by atoms with Gasteiger partial charge >= 0.3 is 0 Å². The van der Waals surface area contributed by atoms with Gasteiger partial charge in [0.25, 0.3) is 0 Å². The summed E-state index contributed by atoms with van der Waals surface area (Å²) in [5.74, 6) is 1.67. The van der Waals surface area contributed by atoms with Crippen LogP contribution in [0.2, 0.25) is 0 Å². The van der Waals surface area contributed by atoms with Crippen LogP contribution in [0, 0.1) is 17.8 Å². The lowest BCUT2D eigenvalue weighted by molar-refractivity contribution is 0.401. The Bertz CT molecular complexity index is 7280. The van der Waals surface area contributed by atoms with E-state index in [0.717, 1.165) is 56.0 Å². The number of hydrogen-bond donors (Lipinski definition) is 0. The lowest BCUT2D eigenvalue weighted by Gasteiger charge is -2.34. The molecule has 0 saturated heterocycles. The molecule has 3 aliphatic rings. The van der Waals surface area contributed by atoms with Gasteiger partial charge in [0.2, 0.25) is 0 Å². The second-order valence-electron chi connectivity index (χ2n) is 40.1. The summed E-state index contributed by atoms with van der Waals surface area (Å²) in [6.45, 7) is 17.1. The Kier molecular flexibility index (Phi) is 22.7. The molecule has 4 nitrogen and oxygen atoms in total. The van der Waals surface area contributed by atoms with Crippen LogP contribution in [-0.2, 0) is 35.9 Å². The standard InChI is InChI=1S/C135H120N4/c1-7-13-37-91(10-4)88-136-127-76-64-97(82-115(127)118-85-103(67-79-130(118)136)133(100-40-19-16-20-41-100)121-52-31-25-46-109(121)110-47-26-32-53-122(110)133)94-58-70-106(71-59-94)139(107-72-60-95(61-73-107)98-65-77-128-116(83-98)119-86-104(68-80-131(119)137(128)89-92(11-5)38-14-8-2)134(101-42-21-17-22-43-101)123-54-33-27-48-111(123)112-49-28-34-55-124(112)134)108-74-62-96(63-75-108)99-66-78-129-117(84-99)120-87-105(69-81-132(120)138(129)90-93(12-6)39-15-9-3)135(102-44-23-18-24-45-102)125-56-35-29-50-113(125)114-51-30-36-57-126(114)135/h16-36,40-87,91-93H,7-15,37-39,88-90H2,1-6H3. The van der Waals surface area contributed by atoms with Crippen molar-refractivity contribution < 1.29 is 0 Å². The number of anilines is 3. The van der Waals surface area contributed by atoms with Crippen LogP contribution < -0.4 is 4.90 Å². The van der Waals surface area contributed by atoms with Gasteiger partial charge in [-0.2, -0.15) is 0 Å². The molecule has 0 radical (unpaired) electrons. The van der Waals surface area contributed by atoms with E-state index in [0.29, 0.717) is 17.8 Å². The molecule has 0 bridgehead atoms. The number of rotatable bonds is 30. The van der Waals surface area contributed by atoms with E-state index in [1.165, 1.54) is 257 Å². The zero-order chi connectivity index (χ0) is 93.5. The number of fused-ring (bicyclic) bond motifs is 18. The molecular formula is C135H120N4. The molecule has 0 saturated carbocycles. The molecule has 0 spiro atoms. The molecule has 4 heteroatoms. The van der Waals surface area contributed by atoms with Gasteiger partial charge in [0, 0.05) is 102 Å². The van der Waals surface area contributed by atoms with Crippen LogP contribution in [0.15, 0.2) is 419 Å². The van der Waals surface area contributed by atoms with E-state index in [4.69, 9.17) is 0 Å². The fraction of sp³-hybridized carbons (Fsp3) is 0.200. The summed E-state index contributed by atoms with van der Waals surface area (Å²) in [6.07, 6.45) is 14.3. The van der Waals surface area contributed by atoms with Gasteiger partial charge in [-0.15, -0.1) is 0 Å². The van der Waals surface area contributed by atoms with E-state index >= 15 is 0 Å². The third-order valence-corrected chi connectivity index (χ3v) is 32.7. The molecule has 3 aromatic heterocycles. The zero-order valence-electron chi connectivity index (χ0n) is 81.0. The third-order valence-electron chi connectivity index (χ3n) is 32.7. The Labute approximate surface area is 819 Å². The summed E-state index contributed by atoms with van der Waals surface area (Å²) in [6, 6.07) is 162. The molecular weight excluding hydrogens is 1680 g/mol. The lowest BCUT2D eigenvalue weighted by Crippen LogP contribution is -2.28. The molecule has 0 N–H and O–H groups in total. The largest absolute Gasteiger partial charge is 0.340 e. The van der Waals surface area contributed by atoms with Crippen molar-refractivity contribution in [1.29, 1.82) is 0 Å². The van der Waals surface area contributed by atoms with E-state index < -0.39 is 16.2 Å². The summed E-state index contributed by atoms with van der Waals surface area (Å²) in [5.41, 5.74) is 40.1. The molecule has 0 amide bonds. The summed E-state index contributed by atoms with van der Waals surface area (Å²) in [5, 5.41) is 7.74. The Morgan fingerprint density at radius 2 is 0.410 bits per heavy atom. The molecule has 21 aromatic rings. The molecule has 0 aliphatic heterocycles. The number of benzene rings is 18. The minimum absolute atomic E-state index is 0.525. The molecule has 18 aromatic carbocycles. The first-order chi connectivity index (χ1) is 68.7. The Balaban J connectivity index is 0.647. The number of nitrogens with zero attached hydrogens (tertiary/aromatic N) is 4. The maximum atomic E-state index is 2.67. The fourth-order valence-electron chi connectivity index (χ4n) is 25.7. The second-order valence-corrected chi connectivity index (χ2v) is 40.1. The van der Waals surface area contributed by atoms with Crippen LogP contribution in [-0.4, -0.2) is 13.7 Å². The van der Waals surface area contributed by atoms with Gasteiger partial charge in [-0.1, -0.05) is 409 Å². The molecule has 139 heavy (non-hydrogen) atoms. The SMILES string of the molecule is CCCCC(CC)Cn1c2ccc(-c3ccc(N(c4ccc(-c5ccc6c(c5)c5cc(C7(c8ccccc8)c8ccccc8-c8ccccc87)ccc5n6CC(CC)CCCC)cc4)c4ccc(-c5ccc6c(c5)c5cc(C7(c8ccccc8)c8ccccc8-c8ccccc87)ccc5n6CC(CC)CCCC)cc4)cc3)cc2c2cc(C3(c4ccccc4)c4ccccc4-c4ccccc43)ccc21. The van der Waals surface area contributed by atoms with Crippen molar-refractivity contribution in [2.45, 2.75) is 154 Å². The summed E-state index contributed by atoms with van der Waals surface area (Å²) in [4.78, 5) is 2.48. The summed E-state index contributed by atoms with van der Waals surface area (Å²) in [7, 11) is 0. The Morgan fingerprint density at radius 1 is 0.201 bits per heavy atom. The molecule has 3 aliphatic carbocycles. The average Bonchev–Trinajstić information content (AvgIpc) is 1.49. The highest BCUT2D eigenvalue weighted by molar-refractivity contribution is 6.13. The van der Waals surface area contributed by atoms with Crippen molar-refractivity contribution in [3.63, 3.8) is 0 Å². The van der Waals surface area contributed by atoms with Gasteiger partial charge in [-0.3, -0.25) is 0 Å². The highest BCUT2D eigenvalue weighted by atomic mass is 15.1. The predicted molar refractivity (Wildman–Crippen MR) is 588 cm³/mol. The lowest BCUT2D eigenvalue weighted by atomic mass is 9.67. The van der Waals surface area contributed by atoms with Crippen LogP contribution in [0.5, 0.6) is 0 Å². The van der Waals surface area contributed by atoms with Crippen LogP contribution in [0.1, 0.15) is 185 Å². The van der Waals surface area contributed by atoms with Gasteiger partial charge in [0.15, 0.2) is 0 Å². The quantitative estimate of drug-likeness (QED) is 0.0439. The van der Waals surface area contributed by atoms with E-state index in [9.17, 15) is 0 Å². The maximum absolute atomic E-state index is 2.67. The predicted octanol–water partition coefficient (Wildman–Crippen LogP) is 36.2. The minimum atomic E-state index is -0.525. The van der Waals surface area contributed by atoms with E-state index in [1.54, 1.807) is 0 Å². The Morgan fingerprint density at radius 3 is 0.640 bits per heavy atom. The van der Waals surface area contributed by atoms with Crippen LogP contribution >= 0.6 is 0 Å². The molecule has 3 atom stereocenters. The van der Waals surface area contributed by atoms with Crippen LogP contribution in [0.3, 0.4) is 0 Å². The van der Waals surface area contributed by atoms with Gasteiger partial charge in [0.1, 0.15) is 0 Å². The third kappa shape index (κ3) is 14.2. The second kappa shape index (κ2) is 36.3. The number of unbranched alkanes of at least 4 members (excludes halogenated alkanes) is 3. The summed E-state index contributed by atoms with van der Waals surface area (Å²) >= 11 is 0. The van der Waals surface area contributed by atoms with E-state index in [-0.39, 0.29) is 0 Å². The van der Waals surface area contributed by atoms with Crippen molar-refractivity contribution in [2.24, 2.45) is 17.8 Å². The van der Waals surface area contributed by atoms with Gasteiger partial charge in [0.05, 0.1) is 16.2 Å². The van der Waals surface area contributed by atoms with Gasteiger partial charge in [-0.25, -0.2) is 0 Å². The van der Waals surface area contributed by atoms with Crippen molar-refractivity contribution in [3.8, 4) is 66.8 Å². The number of aromatic nitrogens is 3. The van der Waals surface area contributed by atoms with Crippen LogP contribution in [0.4, 0.5) is 17.1 Å². The van der Waals surface area contributed by atoms with Crippen molar-refractivity contribution in [3.05, 3.63) is 485 Å². The molecule has 0 fully saturated rings. The molecule has 24 rings (SSSR count). The normalized spacial score (nSPS) is 14.2. The monoisotopic (exact) mass is 1800 g/mol. The first-order valence-electron chi connectivity index (χ1n) is 51.7. The highest BCUT2D eigenvalue weighted by Crippen LogP contribution is 2.61. The van der Waals surface area contributed by atoms with Crippen molar-refractivity contribution in [2.75, 3.05) is 4.90 Å². The molecule has 3 unspecified atom stereocenters. The Hall–Kier alpha value is -14.8. The van der Waals surface area contributed by atoms with E-state index in [2.05, 4.69) is 479 Å². The minimum Gasteiger partial charge on any atom is -0.340 e. The van der Waals surface area contributed by atoms with Crippen molar-refractivity contribution >= 4 is 82.5 Å². The first kappa shape index (κ1) is 87.0. The summed E-state index contributed by atoms with van der Waals surface area (Å²) < 4.78 is 8.02. The van der Waals surface area contributed by atoms with Crippen molar-refractivity contribution in [1.82, 2.24) is 13.7 Å². The highest BCUT2D eigenvalue weighted by Gasteiger charge is 2.50. The van der Waals surface area contributed by atoms with Crippen LogP contribution in [0.25, 0.3) is 132 Å². The molecule has 3 heterocycles. The average molecular weight is 1800 g/mol.